The standard InChI is InChI=1S/C23H23ClFN3/c1-15(27(2)3)12-28-13-16-11-26-23(19-6-4-5-7-22(19)25)20-10-17(24)8-9-18(20)21(16)14-28/h4-10,13-15H,11-12H2,1-3H3. The zero-order chi connectivity index (χ0) is 19.8. The lowest BCUT2D eigenvalue weighted by atomic mass is 9.94. The van der Waals surface area contributed by atoms with E-state index in [0.29, 0.717) is 28.9 Å². The molecule has 1 aliphatic rings. The molecule has 1 aliphatic heterocycles. The van der Waals surface area contributed by atoms with Crippen LogP contribution in [0.3, 0.4) is 0 Å². The van der Waals surface area contributed by atoms with Crippen molar-refractivity contribution in [2.75, 3.05) is 14.1 Å². The van der Waals surface area contributed by atoms with Crippen molar-refractivity contribution in [3.63, 3.8) is 0 Å². The normalized spacial score (nSPS) is 14.3. The minimum absolute atomic E-state index is 0.274. The van der Waals surface area contributed by atoms with Crippen LogP contribution in [0.25, 0.3) is 11.1 Å². The summed E-state index contributed by atoms with van der Waals surface area (Å²) < 4.78 is 16.7. The van der Waals surface area contributed by atoms with Crippen LogP contribution in [-0.4, -0.2) is 35.3 Å². The predicted octanol–water partition coefficient (Wildman–Crippen LogP) is 5.25. The Kier molecular flexibility index (Phi) is 5.09. The lowest BCUT2D eigenvalue weighted by molar-refractivity contribution is 0.284. The summed E-state index contributed by atoms with van der Waals surface area (Å²) in [5, 5.41) is 0.618. The molecule has 0 amide bonds. The molecule has 5 heteroatoms. The Bertz CT molecular complexity index is 1050. The van der Waals surface area contributed by atoms with E-state index in [4.69, 9.17) is 16.6 Å². The minimum Gasteiger partial charge on any atom is -0.352 e. The molecule has 0 spiro atoms. The first-order valence-electron chi connectivity index (χ1n) is 9.38. The molecular formula is C23H23ClFN3. The third-order valence-corrected chi connectivity index (χ3v) is 5.62. The number of halogens is 2. The molecule has 144 valence electrons. The molecule has 3 nitrogen and oxygen atoms in total. The van der Waals surface area contributed by atoms with Crippen molar-refractivity contribution in [1.82, 2.24) is 9.47 Å². The monoisotopic (exact) mass is 395 g/mol. The number of hydrogen-bond donors (Lipinski definition) is 0. The number of aromatic nitrogens is 1. The van der Waals surface area contributed by atoms with E-state index in [1.54, 1.807) is 12.1 Å². The van der Waals surface area contributed by atoms with Crippen LogP contribution in [0.2, 0.25) is 5.02 Å². The SMILES string of the molecule is CC(Cn1cc2c(c1)-c1ccc(Cl)cc1C(c1ccccc1F)=NC2)N(C)C. The van der Waals surface area contributed by atoms with Gasteiger partial charge in [0.05, 0.1) is 12.3 Å². The van der Waals surface area contributed by atoms with Crippen molar-refractivity contribution in [2.24, 2.45) is 4.99 Å². The second kappa shape index (κ2) is 7.53. The quantitative estimate of drug-likeness (QED) is 0.591. The van der Waals surface area contributed by atoms with Crippen LogP contribution in [0.5, 0.6) is 0 Å². The highest BCUT2D eigenvalue weighted by Gasteiger charge is 2.22. The van der Waals surface area contributed by atoms with Gasteiger partial charge in [-0.05, 0) is 56.4 Å². The molecule has 0 saturated heterocycles. The van der Waals surface area contributed by atoms with Crippen molar-refractivity contribution in [2.45, 2.75) is 26.1 Å². The Morgan fingerprint density at radius 1 is 1.07 bits per heavy atom. The molecule has 2 aromatic carbocycles. The van der Waals surface area contributed by atoms with Crippen LogP contribution in [0.15, 0.2) is 59.9 Å². The van der Waals surface area contributed by atoms with Gasteiger partial charge >= 0.3 is 0 Å². The van der Waals surface area contributed by atoms with Crippen LogP contribution in [0.1, 0.15) is 23.6 Å². The summed E-state index contributed by atoms with van der Waals surface area (Å²) in [5.74, 6) is -0.274. The Morgan fingerprint density at radius 2 is 1.86 bits per heavy atom. The van der Waals surface area contributed by atoms with Crippen LogP contribution in [0, 0.1) is 5.82 Å². The van der Waals surface area contributed by atoms with Crippen LogP contribution in [0.4, 0.5) is 4.39 Å². The second-order valence-electron chi connectivity index (χ2n) is 7.54. The van der Waals surface area contributed by atoms with E-state index in [9.17, 15) is 4.39 Å². The number of likely N-dealkylation sites (N-methyl/N-ethyl adjacent to an activating group) is 1. The van der Waals surface area contributed by atoms with Gasteiger partial charge in [-0.2, -0.15) is 0 Å². The summed E-state index contributed by atoms with van der Waals surface area (Å²) in [5.41, 5.74) is 5.34. The fourth-order valence-electron chi connectivity index (χ4n) is 3.58. The number of rotatable bonds is 4. The summed E-state index contributed by atoms with van der Waals surface area (Å²) in [6.07, 6.45) is 4.32. The topological polar surface area (TPSA) is 20.5 Å². The highest BCUT2D eigenvalue weighted by atomic mass is 35.5. The highest BCUT2D eigenvalue weighted by molar-refractivity contribution is 6.31. The third-order valence-electron chi connectivity index (χ3n) is 5.38. The van der Waals surface area contributed by atoms with Crippen LogP contribution >= 0.6 is 11.6 Å². The van der Waals surface area contributed by atoms with Crippen molar-refractivity contribution in [3.05, 3.63) is 82.4 Å². The van der Waals surface area contributed by atoms with E-state index in [1.807, 2.05) is 24.3 Å². The summed E-state index contributed by atoms with van der Waals surface area (Å²) in [4.78, 5) is 7.00. The van der Waals surface area contributed by atoms with Gasteiger partial charge in [0.1, 0.15) is 5.82 Å². The maximum absolute atomic E-state index is 14.5. The van der Waals surface area contributed by atoms with Crippen LogP contribution in [-0.2, 0) is 13.1 Å². The summed E-state index contributed by atoms with van der Waals surface area (Å²) >= 11 is 6.30. The molecule has 28 heavy (non-hydrogen) atoms. The van der Waals surface area contributed by atoms with Gasteiger partial charge in [-0.15, -0.1) is 0 Å². The fourth-order valence-corrected chi connectivity index (χ4v) is 3.75. The number of nitrogens with zero attached hydrogens (tertiary/aromatic N) is 3. The fraction of sp³-hybridized carbons (Fsp3) is 0.261. The van der Waals surface area contributed by atoms with Gasteiger partial charge < -0.3 is 9.47 Å². The molecule has 0 aliphatic carbocycles. The van der Waals surface area contributed by atoms with Gasteiger partial charge in [0.2, 0.25) is 0 Å². The summed E-state index contributed by atoms with van der Waals surface area (Å²) in [6, 6.07) is 13.0. The van der Waals surface area contributed by atoms with E-state index in [-0.39, 0.29) is 5.82 Å². The first-order chi connectivity index (χ1) is 13.4. The van der Waals surface area contributed by atoms with E-state index in [1.165, 1.54) is 6.07 Å². The molecule has 0 fully saturated rings. The van der Waals surface area contributed by atoms with E-state index < -0.39 is 0 Å². The molecule has 1 unspecified atom stereocenters. The Balaban J connectivity index is 1.83. The largest absolute Gasteiger partial charge is 0.352 e. The van der Waals surface area contributed by atoms with Gasteiger partial charge in [-0.1, -0.05) is 29.8 Å². The number of hydrogen-bond acceptors (Lipinski definition) is 2. The number of fused-ring (bicyclic) bond motifs is 3. The molecule has 0 N–H and O–H groups in total. The van der Waals surface area contributed by atoms with E-state index >= 15 is 0 Å². The van der Waals surface area contributed by atoms with Gasteiger partial charge in [0, 0.05) is 46.7 Å². The molecule has 3 aromatic rings. The maximum Gasteiger partial charge on any atom is 0.132 e. The lowest BCUT2D eigenvalue weighted by Gasteiger charge is -2.20. The molecule has 0 radical (unpaired) electrons. The lowest BCUT2D eigenvalue weighted by Crippen LogP contribution is -2.28. The molecule has 4 rings (SSSR count). The molecule has 1 atom stereocenters. The summed E-state index contributed by atoms with van der Waals surface area (Å²) in [6.45, 7) is 3.61. The van der Waals surface area contributed by atoms with E-state index in [0.717, 1.165) is 28.8 Å². The highest BCUT2D eigenvalue weighted by Crippen LogP contribution is 2.35. The first-order valence-corrected chi connectivity index (χ1v) is 9.76. The van der Waals surface area contributed by atoms with Gasteiger partial charge in [0.25, 0.3) is 0 Å². The molecule has 0 bridgehead atoms. The van der Waals surface area contributed by atoms with Gasteiger partial charge in [-0.25, -0.2) is 4.39 Å². The minimum atomic E-state index is -0.274. The van der Waals surface area contributed by atoms with Crippen LogP contribution < -0.4 is 0 Å². The van der Waals surface area contributed by atoms with Gasteiger partial charge in [-0.3, -0.25) is 4.99 Å². The maximum atomic E-state index is 14.5. The first kappa shape index (κ1) is 18.9. The van der Waals surface area contributed by atoms with Crippen molar-refractivity contribution >= 4 is 17.3 Å². The third kappa shape index (κ3) is 3.50. The smallest absolute Gasteiger partial charge is 0.132 e. The van der Waals surface area contributed by atoms with Crippen molar-refractivity contribution in [3.8, 4) is 11.1 Å². The van der Waals surface area contributed by atoms with Crippen molar-refractivity contribution < 1.29 is 4.39 Å². The predicted molar refractivity (Wildman–Crippen MR) is 114 cm³/mol. The molecule has 2 heterocycles. The summed E-state index contributed by atoms with van der Waals surface area (Å²) in [7, 11) is 4.17. The Hall–Kier alpha value is -2.43. The average Bonchev–Trinajstić information content (AvgIpc) is 2.99. The van der Waals surface area contributed by atoms with Gasteiger partial charge in [0.15, 0.2) is 0 Å². The second-order valence-corrected chi connectivity index (χ2v) is 7.98. The molecular weight excluding hydrogens is 373 g/mol. The number of benzene rings is 2. The Labute approximate surface area is 170 Å². The van der Waals surface area contributed by atoms with Crippen molar-refractivity contribution in [1.29, 1.82) is 0 Å². The zero-order valence-electron chi connectivity index (χ0n) is 16.3. The zero-order valence-corrected chi connectivity index (χ0v) is 17.0. The Morgan fingerprint density at radius 3 is 2.61 bits per heavy atom. The molecule has 0 saturated carbocycles. The number of aliphatic imine (C=N–C) groups is 1. The molecule has 1 aromatic heterocycles. The average molecular weight is 396 g/mol. The van der Waals surface area contributed by atoms with E-state index in [2.05, 4.69) is 42.9 Å².